The summed E-state index contributed by atoms with van der Waals surface area (Å²) in [5.41, 5.74) is 3.46. The molecule has 168 valence electrons. The molecule has 3 aromatic carbocycles. The van der Waals surface area contributed by atoms with E-state index >= 15 is 0 Å². The van der Waals surface area contributed by atoms with Gasteiger partial charge in [0.2, 0.25) is 5.91 Å². The summed E-state index contributed by atoms with van der Waals surface area (Å²) in [6, 6.07) is 20.6. The monoisotopic (exact) mass is 498 g/mol. The van der Waals surface area contributed by atoms with Gasteiger partial charge in [-0.2, -0.15) is 0 Å². The van der Waals surface area contributed by atoms with Gasteiger partial charge in [0.25, 0.3) is 0 Å². The third-order valence-electron chi connectivity index (χ3n) is 4.78. The molecule has 33 heavy (non-hydrogen) atoms. The first-order valence-electron chi connectivity index (χ1n) is 9.99. The lowest BCUT2D eigenvalue weighted by atomic mass is 10.2. The smallest absolute Gasteiger partial charge is 0.234 e. The average molecular weight is 499 g/mol. The Labute approximate surface area is 205 Å². The summed E-state index contributed by atoms with van der Waals surface area (Å²) in [5.74, 6) is 1.14. The lowest BCUT2D eigenvalue weighted by molar-refractivity contribution is -0.113. The number of carbonyl (C=O) groups excluding carboxylic acids is 1. The molecule has 0 bridgehead atoms. The van der Waals surface area contributed by atoms with Crippen LogP contribution in [-0.4, -0.2) is 33.5 Å². The number of rotatable bonds is 7. The fourth-order valence-corrected chi connectivity index (χ4v) is 4.38. The Balaban J connectivity index is 1.58. The first-order valence-corrected chi connectivity index (χ1v) is 11.7. The Morgan fingerprint density at radius 3 is 2.55 bits per heavy atom. The van der Waals surface area contributed by atoms with Crippen molar-refractivity contribution in [2.24, 2.45) is 0 Å². The van der Waals surface area contributed by atoms with Crippen LogP contribution in [0.4, 0.5) is 5.69 Å². The Hall–Kier alpha value is -3.00. The third kappa shape index (κ3) is 5.50. The van der Waals surface area contributed by atoms with Gasteiger partial charge in [0.1, 0.15) is 5.75 Å². The van der Waals surface area contributed by atoms with E-state index < -0.39 is 0 Å². The Morgan fingerprint density at radius 1 is 1.06 bits per heavy atom. The van der Waals surface area contributed by atoms with Gasteiger partial charge >= 0.3 is 0 Å². The summed E-state index contributed by atoms with van der Waals surface area (Å²) in [4.78, 5) is 12.6. The summed E-state index contributed by atoms with van der Waals surface area (Å²) in [6.07, 6.45) is 0. The van der Waals surface area contributed by atoms with Crippen LogP contribution in [0, 0.1) is 6.92 Å². The zero-order valence-corrected chi connectivity index (χ0v) is 20.2. The molecule has 0 aliphatic carbocycles. The highest BCUT2D eigenvalue weighted by molar-refractivity contribution is 7.99. The number of hydrogen-bond acceptors (Lipinski definition) is 5. The van der Waals surface area contributed by atoms with Crippen LogP contribution in [0.1, 0.15) is 5.56 Å². The lowest BCUT2D eigenvalue weighted by Gasteiger charge is -2.11. The molecular weight excluding hydrogens is 479 g/mol. The fourth-order valence-electron chi connectivity index (χ4n) is 3.18. The van der Waals surface area contributed by atoms with Crippen molar-refractivity contribution in [3.05, 3.63) is 82.3 Å². The van der Waals surface area contributed by atoms with E-state index in [2.05, 4.69) is 15.5 Å². The topological polar surface area (TPSA) is 69.0 Å². The number of aryl methyl sites for hydroxylation is 1. The quantitative estimate of drug-likeness (QED) is 0.303. The van der Waals surface area contributed by atoms with Gasteiger partial charge in [0, 0.05) is 22.0 Å². The molecule has 0 saturated carbocycles. The molecule has 1 heterocycles. The molecular formula is C24H20Cl2N4O2S. The number of thioether (sulfide) groups is 1. The van der Waals surface area contributed by atoms with Crippen LogP contribution in [0.15, 0.2) is 71.9 Å². The number of carbonyl (C=O) groups is 1. The molecule has 0 atom stereocenters. The van der Waals surface area contributed by atoms with Gasteiger partial charge < -0.3 is 10.1 Å². The molecule has 9 heteroatoms. The summed E-state index contributed by atoms with van der Waals surface area (Å²) >= 11 is 13.6. The van der Waals surface area contributed by atoms with Gasteiger partial charge in [0.15, 0.2) is 11.0 Å². The van der Waals surface area contributed by atoms with Crippen LogP contribution in [0.2, 0.25) is 10.0 Å². The van der Waals surface area contributed by atoms with Crippen molar-refractivity contribution in [1.29, 1.82) is 0 Å². The summed E-state index contributed by atoms with van der Waals surface area (Å²) in [6.45, 7) is 2.03. The number of methoxy groups -OCH3 is 1. The largest absolute Gasteiger partial charge is 0.495 e. The number of nitrogens with one attached hydrogen (secondary N) is 1. The predicted octanol–water partition coefficient (Wildman–Crippen LogP) is 6.29. The molecule has 1 N–H and O–H groups in total. The number of halogens is 2. The minimum atomic E-state index is -0.191. The Morgan fingerprint density at radius 2 is 1.85 bits per heavy atom. The number of anilines is 1. The standard InChI is InChI=1S/C24H20Cl2N4O2S/c1-15-6-9-19(10-7-15)30-23(16-4-3-5-17(25)12-16)28-29-24(30)33-14-22(31)27-18-8-11-21(32-2)20(26)13-18/h3-13H,14H2,1-2H3,(H,27,31). The van der Waals surface area contributed by atoms with Crippen LogP contribution in [0.3, 0.4) is 0 Å². The number of ether oxygens (including phenoxy) is 1. The first-order chi connectivity index (χ1) is 15.9. The van der Waals surface area contributed by atoms with Crippen LogP contribution in [0.25, 0.3) is 17.1 Å². The number of nitrogens with zero attached hydrogens (tertiary/aromatic N) is 3. The molecule has 4 aromatic rings. The highest BCUT2D eigenvalue weighted by Crippen LogP contribution is 2.30. The van der Waals surface area contributed by atoms with Crippen molar-refractivity contribution >= 4 is 46.6 Å². The molecule has 1 amide bonds. The number of benzene rings is 3. The van der Waals surface area contributed by atoms with Crippen molar-refractivity contribution in [2.75, 3.05) is 18.2 Å². The molecule has 0 aliphatic rings. The van der Waals surface area contributed by atoms with E-state index in [9.17, 15) is 4.79 Å². The molecule has 4 rings (SSSR count). The fraction of sp³-hybridized carbons (Fsp3) is 0.125. The lowest BCUT2D eigenvalue weighted by Crippen LogP contribution is -2.14. The third-order valence-corrected chi connectivity index (χ3v) is 6.24. The number of hydrogen-bond donors (Lipinski definition) is 1. The van der Waals surface area contributed by atoms with Gasteiger partial charge in [0.05, 0.1) is 17.9 Å². The van der Waals surface area contributed by atoms with E-state index in [-0.39, 0.29) is 11.7 Å². The molecule has 0 saturated heterocycles. The highest BCUT2D eigenvalue weighted by atomic mass is 35.5. The van der Waals surface area contributed by atoms with Crippen LogP contribution >= 0.6 is 35.0 Å². The zero-order chi connectivity index (χ0) is 23.4. The zero-order valence-electron chi connectivity index (χ0n) is 17.9. The molecule has 0 radical (unpaired) electrons. The maximum atomic E-state index is 12.6. The summed E-state index contributed by atoms with van der Waals surface area (Å²) in [5, 5.41) is 13.2. The Bertz CT molecular complexity index is 1290. The number of aromatic nitrogens is 3. The van der Waals surface area contributed by atoms with E-state index in [1.807, 2.05) is 60.0 Å². The van der Waals surface area contributed by atoms with Gasteiger partial charge in [-0.1, -0.05) is 64.8 Å². The molecule has 0 fully saturated rings. The van der Waals surface area contributed by atoms with Crippen molar-refractivity contribution in [3.63, 3.8) is 0 Å². The van der Waals surface area contributed by atoms with Crippen LogP contribution < -0.4 is 10.1 Å². The average Bonchev–Trinajstić information content (AvgIpc) is 3.22. The second-order valence-corrected chi connectivity index (χ2v) is 8.96. The minimum Gasteiger partial charge on any atom is -0.495 e. The second-order valence-electron chi connectivity index (χ2n) is 7.17. The van der Waals surface area contributed by atoms with Gasteiger partial charge in [-0.25, -0.2) is 0 Å². The SMILES string of the molecule is COc1ccc(NC(=O)CSc2nnc(-c3cccc(Cl)c3)n2-c2ccc(C)cc2)cc1Cl. The van der Waals surface area contributed by atoms with Gasteiger partial charge in [-0.15, -0.1) is 10.2 Å². The van der Waals surface area contributed by atoms with Gasteiger partial charge in [-0.3, -0.25) is 9.36 Å². The molecule has 1 aromatic heterocycles. The van der Waals surface area contributed by atoms with E-state index in [1.165, 1.54) is 18.9 Å². The maximum absolute atomic E-state index is 12.6. The molecule has 0 unspecified atom stereocenters. The van der Waals surface area contributed by atoms with E-state index in [4.69, 9.17) is 27.9 Å². The Kier molecular flexibility index (Phi) is 7.23. The normalized spacial score (nSPS) is 10.8. The van der Waals surface area contributed by atoms with Crippen molar-refractivity contribution < 1.29 is 9.53 Å². The van der Waals surface area contributed by atoms with Crippen LogP contribution in [-0.2, 0) is 4.79 Å². The number of amides is 1. The van der Waals surface area contributed by atoms with Crippen molar-refractivity contribution in [1.82, 2.24) is 14.8 Å². The second kappa shape index (κ2) is 10.3. The van der Waals surface area contributed by atoms with E-state index in [0.29, 0.717) is 32.5 Å². The highest BCUT2D eigenvalue weighted by Gasteiger charge is 2.18. The predicted molar refractivity (Wildman–Crippen MR) is 134 cm³/mol. The summed E-state index contributed by atoms with van der Waals surface area (Å²) in [7, 11) is 1.54. The molecule has 6 nitrogen and oxygen atoms in total. The van der Waals surface area contributed by atoms with Crippen LogP contribution in [0.5, 0.6) is 5.75 Å². The first kappa shape index (κ1) is 23.2. The van der Waals surface area contributed by atoms with Crippen molar-refractivity contribution in [2.45, 2.75) is 12.1 Å². The van der Waals surface area contributed by atoms with E-state index in [1.54, 1.807) is 18.2 Å². The summed E-state index contributed by atoms with van der Waals surface area (Å²) < 4.78 is 7.07. The minimum absolute atomic E-state index is 0.142. The molecule has 0 spiro atoms. The maximum Gasteiger partial charge on any atom is 0.234 e. The van der Waals surface area contributed by atoms with Crippen molar-refractivity contribution in [3.8, 4) is 22.8 Å². The van der Waals surface area contributed by atoms with E-state index in [0.717, 1.165) is 16.8 Å². The molecule has 0 aliphatic heterocycles. The van der Waals surface area contributed by atoms with Gasteiger partial charge in [-0.05, 0) is 49.4 Å².